The first-order valence-corrected chi connectivity index (χ1v) is 6.46. The Kier molecular flexibility index (Phi) is 3.12. The van der Waals surface area contributed by atoms with Crippen LogP contribution >= 0.6 is 0 Å². The van der Waals surface area contributed by atoms with Crippen LogP contribution in [0.5, 0.6) is 5.75 Å². The lowest BCUT2D eigenvalue weighted by molar-refractivity contribution is 0.475. The lowest BCUT2D eigenvalue weighted by atomic mass is 10.1. The van der Waals surface area contributed by atoms with Gasteiger partial charge in [0.1, 0.15) is 11.6 Å². The first kappa shape index (κ1) is 12.6. The van der Waals surface area contributed by atoms with Gasteiger partial charge in [0.25, 0.3) is 0 Å². The van der Waals surface area contributed by atoms with Gasteiger partial charge in [-0.15, -0.1) is 0 Å². The number of fused-ring (bicyclic) bond motifs is 1. The van der Waals surface area contributed by atoms with Gasteiger partial charge in [-0.2, -0.15) is 0 Å². The minimum absolute atomic E-state index is 0.209. The van der Waals surface area contributed by atoms with Crippen molar-refractivity contribution in [3.05, 3.63) is 54.0 Å². The molecule has 5 heteroatoms. The van der Waals surface area contributed by atoms with Gasteiger partial charge in [-0.3, -0.25) is 0 Å². The Morgan fingerprint density at radius 1 is 1.25 bits per heavy atom. The van der Waals surface area contributed by atoms with Crippen LogP contribution in [0.15, 0.2) is 42.6 Å². The van der Waals surface area contributed by atoms with E-state index in [1.807, 2.05) is 35.9 Å². The summed E-state index contributed by atoms with van der Waals surface area (Å²) in [6, 6.07) is 10.7. The summed E-state index contributed by atoms with van der Waals surface area (Å²) in [5, 5.41) is 9.29. The smallest absolute Gasteiger partial charge is 0.177 e. The second kappa shape index (κ2) is 4.94. The highest BCUT2D eigenvalue weighted by Crippen LogP contribution is 2.20. The molecular formula is C15H16N4O. The third-order valence-corrected chi connectivity index (χ3v) is 3.42. The average Bonchev–Trinajstić information content (AvgIpc) is 2.79. The van der Waals surface area contributed by atoms with Gasteiger partial charge in [0.05, 0.1) is 11.6 Å². The largest absolute Gasteiger partial charge is 0.508 e. The van der Waals surface area contributed by atoms with Crippen LogP contribution < -0.4 is 5.73 Å². The summed E-state index contributed by atoms with van der Waals surface area (Å²) in [5.74, 6) is 1.07. The SMILES string of the molecule is Cn1c(C(N)Cc2ccc(O)cc2)nc2ncccc21. The van der Waals surface area contributed by atoms with Crippen LogP contribution in [0.1, 0.15) is 17.4 Å². The van der Waals surface area contributed by atoms with Crippen molar-refractivity contribution in [3.63, 3.8) is 0 Å². The maximum atomic E-state index is 9.29. The second-order valence-corrected chi connectivity index (χ2v) is 4.85. The van der Waals surface area contributed by atoms with E-state index in [-0.39, 0.29) is 11.8 Å². The van der Waals surface area contributed by atoms with Crippen LogP contribution in [-0.2, 0) is 13.5 Å². The van der Waals surface area contributed by atoms with E-state index in [9.17, 15) is 5.11 Å². The minimum Gasteiger partial charge on any atom is -0.508 e. The molecule has 2 aromatic heterocycles. The molecule has 3 N–H and O–H groups in total. The van der Waals surface area contributed by atoms with Crippen LogP contribution in [0.25, 0.3) is 11.2 Å². The third-order valence-electron chi connectivity index (χ3n) is 3.42. The number of benzene rings is 1. The zero-order valence-electron chi connectivity index (χ0n) is 11.2. The van der Waals surface area contributed by atoms with E-state index in [2.05, 4.69) is 9.97 Å². The summed E-state index contributed by atoms with van der Waals surface area (Å²) in [6.07, 6.45) is 2.39. The van der Waals surface area contributed by atoms with Gasteiger partial charge in [-0.05, 0) is 36.2 Å². The fourth-order valence-corrected chi connectivity index (χ4v) is 2.35. The van der Waals surface area contributed by atoms with Crippen LogP contribution in [-0.4, -0.2) is 19.6 Å². The molecule has 102 valence electrons. The molecule has 0 fully saturated rings. The molecule has 1 aromatic carbocycles. The number of pyridine rings is 1. The molecule has 0 bridgehead atoms. The number of aromatic hydroxyl groups is 1. The van der Waals surface area contributed by atoms with Crippen molar-refractivity contribution in [2.45, 2.75) is 12.5 Å². The van der Waals surface area contributed by atoms with Gasteiger partial charge in [0.15, 0.2) is 5.65 Å². The highest BCUT2D eigenvalue weighted by Gasteiger charge is 2.15. The molecule has 0 spiro atoms. The summed E-state index contributed by atoms with van der Waals surface area (Å²) < 4.78 is 1.98. The molecule has 0 amide bonds. The molecule has 0 saturated carbocycles. The molecule has 1 atom stereocenters. The number of aromatic nitrogens is 3. The van der Waals surface area contributed by atoms with Crippen molar-refractivity contribution in [3.8, 4) is 5.75 Å². The van der Waals surface area contributed by atoms with Crippen molar-refractivity contribution in [2.75, 3.05) is 0 Å². The normalized spacial score (nSPS) is 12.7. The standard InChI is InChI=1S/C15H16N4O/c1-19-13-3-2-8-17-14(13)18-15(19)12(16)9-10-4-6-11(20)7-5-10/h2-8,12,20H,9,16H2,1H3. The van der Waals surface area contributed by atoms with Crippen molar-refractivity contribution in [1.29, 1.82) is 0 Å². The number of imidazole rings is 1. The summed E-state index contributed by atoms with van der Waals surface area (Å²) >= 11 is 0. The number of nitrogens with two attached hydrogens (primary N) is 1. The number of phenols is 1. The monoisotopic (exact) mass is 268 g/mol. The number of hydrogen-bond acceptors (Lipinski definition) is 4. The minimum atomic E-state index is -0.209. The maximum absolute atomic E-state index is 9.29. The number of nitrogens with zero attached hydrogens (tertiary/aromatic N) is 3. The van der Waals surface area contributed by atoms with Gasteiger partial charge in [0.2, 0.25) is 0 Å². The number of aryl methyl sites for hydroxylation is 1. The fourth-order valence-electron chi connectivity index (χ4n) is 2.35. The van der Waals surface area contributed by atoms with Crippen LogP contribution in [0.4, 0.5) is 0 Å². The molecular weight excluding hydrogens is 252 g/mol. The van der Waals surface area contributed by atoms with Crippen LogP contribution in [0.2, 0.25) is 0 Å². The van der Waals surface area contributed by atoms with Gasteiger partial charge in [-0.25, -0.2) is 9.97 Å². The zero-order valence-corrected chi connectivity index (χ0v) is 11.2. The van der Waals surface area contributed by atoms with E-state index in [0.29, 0.717) is 12.1 Å². The summed E-state index contributed by atoms with van der Waals surface area (Å²) in [6.45, 7) is 0. The van der Waals surface area contributed by atoms with Crippen molar-refractivity contribution < 1.29 is 5.11 Å². The summed E-state index contributed by atoms with van der Waals surface area (Å²) in [5.41, 5.74) is 9.01. The fraction of sp³-hybridized carbons (Fsp3) is 0.200. The zero-order chi connectivity index (χ0) is 14.1. The molecule has 20 heavy (non-hydrogen) atoms. The van der Waals surface area contributed by atoms with E-state index in [4.69, 9.17) is 5.73 Å². The van der Waals surface area contributed by atoms with Gasteiger partial charge < -0.3 is 15.4 Å². The predicted octanol–water partition coefficient (Wildman–Crippen LogP) is 1.92. The summed E-state index contributed by atoms with van der Waals surface area (Å²) in [4.78, 5) is 8.75. The van der Waals surface area contributed by atoms with Crippen LogP contribution in [0.3, 0.4) is 0 Å². The Labute approximate surface area is 116 Å². The van der Waals surface area contributed by atoms with E-state index in [0.717, 1.165) is 16.9 Å². The Morgan fingerprint density at radius 3 is 2.70 bits per heavy atom. The van der Waals surface area contributed by atoms with Gasteiger partial charge in [-0.1, -0.05) is 12.1 Å². The Balaban J connectivity index is 1.90. The van der Waals surface area contributed by atoms with E-state index in [1.165, 1.54) is 0 Å². The Hall–Kier alpha value is -2.40. The lowest BCUT2D eigenvalue weighted by Gasteiger charge is -2.11. The van der Waals surface area contributed by atoms with Gasteiger partial charge in [0, 0.05) is 13.2 Å². The predicted molar refractivity (Wildman–Crippen MR) is 77.2 cm³/mol. The number of phenolic OH excluding ortho intramolecular Hbond substituents is 1. The van der Waals surface area contributed by atoms with Crippen molar-refractivity contribution in [2.24, 2.45) is 12.8 Å². The quantitative estimate of drug-likeness (QED) is 0.760. The van der Waals surface area contributed by atoms with E-state index < -0.39 is 0 Å². The molecule has 0 saturated heterocycles. The molecule has 0 aliphatic heterocycles. The number of hydrogen-bond donors (Lipinski definition) is 2. The first-order chi connectivity index (χ1) is 9.65. The maximum Gasteiger partial charge on any atom is 0.177 e. The third kappa shape index (κ3) is 2.23. The van der Waals surface area contributed by atoms with E-state index >= 15 is 0 Å². The van der Waals surface area contributed by atoms with E-state index in [1.54, 1.807) is 18.3 Å². The Bertz CT molecular complexity index is 733. The van der Waals surface area contributed by atoms with Crippen molar-refractivity contribution in [1.82, 2.24) is 14.5 Å². The lowest BCUT2D eigenvalue weighted by Crippen LogP contribution is -2.17. The molecule has 1 unspecified atom stereocenters. The second-order valence-electron chi connectivity index (χ2n) is 4.85. The average molecular weight is 268 g/mol. The van der Waals surface area contributed by atoms with Crippen molar-refractivity contribution >= 4 is 11.2 Å². The van der Waals surface area contributed by atoms with Gasteiger partial charge >= 0.3 is 0 Å². The molecule has 3 aromatic rings. The molecule has 0 radical (unpaired) electrons. The molecule has 0 aliphatic rings. The molecule has 3 rings (SSSR count). The molecule has 5 nitrogen and oxygen atoms in total. The molecule has 0 aliphatic carbocycles. The topological polar surface area (TPSA) is 77.0 Å². The molecule has 2 heterocycles. The highest BCUT2D eigenvalue weighted by molar-refractivity contribution is 5.71. The Morgan fingerprint density at radius 2 is 2.00 bits per heavy atom. The summed E-state index contributed by atoms with van der Waals surface area (Å²) in [7, 11) is 1.95. The highest BCUT2D eigenvalue weighted by atomic mass is 16.3. The first-order valence-electron chi connectivity index (χ1n) is 6.46. The number of rotatable bonds is 3. The van der Waals surface area contributed by atoms with Crippen LogP contribution in [0, 0.1) is 0 Å².